The van der Waals surface area contributed by atoms with Gasteiger partial charge in [-0.05, 0) is 96.9 Å². The highest BCUT2D eigenvalue weighted by molar-refractivity contribution is 5.93. The Morgan fingerprint density at radius 3 is 1.43 bits per heavy atom. The maximum atomic E-state index is 14.9. The molecule has 8 atom stereocenters. The molecule has 0 N–H and O–H groups in total. The summed E-state index contributed by atoms with van der Waals surface area (Å²) in [5.74, 6) is -4.48. The standard InChI is InChI=1S/C55H82N8O12/c1-33(2)25-41-31-72-46(29-39-19-17-16-18-20-39)51(66)61(13)43(26-34(3)4)53(68)74-38(10)50(65)60(12)45(28-36(7)8)55(70)75-47(30-40-21-23-42(24-22-40)71-32-48-56-57-58-63(48)15)52(67)62(14)44(27-35(5)6)54(69)73-37(9)49(64)59(41)11/h16-24,33-38,41,43-47H,25-32H2,1-15H3/t37-,38-,41+,43+,44+,45+,46-,47-/m1/s1. The molecule has 1 saturated heterocycles. The van der Waals surface area contributed by atoms with Crippen LogP contribution in [0.3, 0.4) is 0 Å². The Morgan fingerprint density at radius 2 is 0.960 bits per heavy atom. The molecule has 1 fully saturated rings. The van der Waals surface area contributed by atoms with Crippen molar-refractivity contribution in [3.05, 3.63) is 71.5 Å². The van der Waals surface area contributed by atoms with Gasteiger partial charge in [-0.3, -0.25) is 19.2 Å². The second kappa shape index (κ2) is 28.5. The second-order valence-electron chi connectivity index (χ2n) is 21.5. The summed E-state index contributed by atoms with van der Waals surface area (Å²) in [6, 6.07) is 11.8. The van der Waals surface area contributed by atoms with Crippen molar-refractivity contribution in [2.24, 2.45) is 30.7 Å². The van der Waals surface area contributed by atoms with E-state index in [1.807, 2.05) is 85.7 Å². The smallest absolute Gasteiger partial charge is 0.329 e. The van der Waals surface area contributed by atoms with E-state index in [-0.39, 0.29) is 69.0 Å². The summed E-state index contributed by atoms with van der Waals surface area (Å²) in [6.45, 7) is 18.1. The Labute approximate surface area is 443 Å². The van der Waals surface area contributed by atoms with Gasteiger partial charge in [0.2, 0.25) is 0 Å². The number of hydrogen-bond acceptors (Lipinski definition) is 15. The van der Waals surface area contributed by atoms with Crippen molar-refractivity contribution in [2.45, 2.75) is 163 Å². The van der Waals surface area contributed by atoms with Crippen LogP contribution in [-0.2, 0) is 79.0 Å². The van der Waals surface area contributed by atoms with Crippen molar-refractivity contribution in [3.8, 4) is 5.75 Å². The van der Waals surface area contributed by atoms with E-state index in [1.54, 1.807) is 38.4 Å². The summed E-state index contributed by atoms with van der Waals surface area (Å²) in [5, 5.41) is 11.4. The fourth-order valence-corrected chi connectivity index (χ4v) is 8.86. The first-order valence-electron chi connectivity index (χ1n) is 26.1. The van der Waals surface area contributed by atoms with Gasteiger partial charge in [0, 0.05) is 48.1 Å². The molecule has 414 valence electrons. The van der Waals surface area contributed by atoms with Gasteiger partial charge in [-0.15, -0.1) is 5.10 Å². The largest absolute Gasteiger partial charge is 0.486 e. The van der Waals surface area contributed by atoms with E-state index in [9.17, 15) is 33.6 Å². The molecule has 2 heterocycles. The van der Waals surface area contributed by atoms with E-state index >= 15 is 0 Å². The van der Waals surface area contributed by atoms with E-state index in [4.69, 9.17) is 23.7 Å². The molecule has 4 amide bonds. The van der Waals surface area contributed by atoms with Crippen LogP contribution >= 0.6 is 0 Å². The summed E-state index contributed by atoms with van der Waals surface area (Å²) in [4.78, 5) is 107. The zero-order chi connectivity index (χ0) is 55.8. The lowest BCUT2D eigenvalue weighted by Crippen LogP contribution is -2.54. The lowest BCUT2D eigenvalue weighted by molar-refractivity contribution is -0.174. The SMILES string of the molecule is CC(C)C[C@H]1CO[C@H](Cc2ccccc2)C(=O)N(C)[C@@H](CC(C)C)C(=O)O[C@H](C)C(=O)N(C)[C@@H](CC(C)C)C(=O)O[C@H](Cc2ccc(OCc3nnnn3C)cc2)C(=O)N(C)[C@@H](CC(C)C)C(=O)O[C@H](C)C(=O)N1C. The number of aryl methyl sites for hydroxylation is 1. The lowest BCUT2D eigenvalue weighted by atomic mass is 10.00. The van der Waals surface area contributed by atoms with Gasteiger partial charge in [-0.25, -0.2) is 19.1 Å². The van der Waals surface area contributed by atoms with Crippen LogP contribution in [0.2, 0.25) is 0 Å². The number of cyclic esters (lactones) is 3. The highest BCUT2D eigenvalue weighted by Crippen LogP contribution is 2.24. The van der Waals surface area contributed by atoms with Crippen LogP contribution in [0.5, 0.6) is 5.75 Å². The van der Waals surface area contributed by atoms with E-state index < -0.39 is 90.1 Å². The van der Waals surface area contributed by atoms with Gasteiger partial charge in [-0.2, -0.15) is 0 Å². The van der Waals surface area contributed by atoms with Crippen LogP contribution in [0.4, 0.5) is 0 Å². The van der Waals surface area contributed by atoms with Crippen molar-refractivity contribution in [3.63, 3.8) is 0 Å². The number of carbonyl (C=O) groups is 7. The number of benzene rings is 2. The number of hydrogen-bond donors (Lipinski definition) is 0. The summed E-state index contributed by atoms with van der Waals surface area (Å²) in [6.07, 6.45) is -4.54. The predicted molar refractivity (Wildman–Crippen MR) is 278 cm³/mol. The van der Waals surface area contributed by atoms with Crippen LogP contribution in [0.15, 0.2) is 54.6 Å². The molecule has 1 aliphatic rings. The maximum Gasteiger partial charge on any atom is 0.329 e. The predicted octanol–water partition coefficient (Wildman–Crippen LogP) is 5.24. The molecule has 20 nitrogen and oxygen atoms in total. The van der Waals surface area contributed by atoms with Crippen molar-refractivity contribution in [1.82, 2.24) is 39.8 Å². The average Bonchev–Trinajstić information content (AvgIpc) is 3.78. The number of likely N-dealkylation sites (N-methyl/N-ethyl adjacent to an activating group) is 4. The number of esters is 3. The highest BCUT2D eigenvalue weighted by Gasteiger charge is 2.41. The van der Waals surface area contributed by atoms with E-state index in [2.05, 4.69) is 15.5 Å². The minimum atomic E-state index is -1.53. The zero-order valence-electron chi connectivity index (χ0n) is 46.8. The molecule has 0 unspecified atom stereocenters. The first-order chi connectivity index (χ1) is 35.3. The number of ether oxygens (including phenoxy) is 5. The van der Waals surface area contributed by atoms with Gasteiger partial charge in [0.25, 0.3) is 23.6 Å². The summed E-state index contributed by atoms with van der Waals surface area (Å²) in [5.41, 5.74) is 1.36. The Morgan fingerprint density at radius 1 is 0.533 bits per heavy atom. The van der Waals surface area contributed by atoms with Crippen molar-refractivity contribution >= 4 is 41.5 Å². The number of amides is 4. The van der Waals surface area contributed by atoms with Gasteiger partial charge >= 0.3 is 17.9 Å². The molecule has 75 heavy (non-hydrogen) atoms. The highest BCUT2D eigenvalue weighted by atomic mass is 16.6. The quantitative estimate of drug-likeness (QED) is 0.140. The van der Waals surface area contributed by atoms with Crippen LogP contribution in [0, 0.1) is 23.7 Å². The first-order valence-corrected chi connectivity index (χ1v) is 26.1. The maximum absolute atomic E-state index is 14.9. The van der Waals surface area contributed by atoms with Crippen molar-refractivity contribution in [1.29, 1.82) is 0 Å². The van der Waals surface area contributed by atoms with Crippen LogP contribution in [0.1, 0.15) is 112 Å². The molecule has 0 aliphatic carbocycles. The monoisotopic (exact) mass is 1050 g/mol. The Kier molecular flexibility index (Phi) is 23.2. The fraction of sp³-hybridized carbons (Fsp3) is 0.636. The van der Waals surface area contributed by atoms with Crippen molar-refractivity contribution in [2.75, 3.05) is 34.8 Å². The summed E-state index contributed by atoms with van der Waals surface area (Å²) < 4.78 is 31.9. The normalized spacial score (nSPS) is 24.0. The molecule has 1 aliphatic heterocycles. The fourth-order valence-electron chi connectivity index (χ4n) is 8.86. The molecule has 20 heteroatoms. The molecule has 2 aromatic carbocycles. The Balaban J connectivity index is 1.82. The van der Waals surface area contributed by atoms with Gasteiger partial charge in [0.05, 0.1) is 12.6 Å². The van der Waals surface area contributed by atoms with E-state index in [1.165, 1.54) is 54.4 Å². The molecular formula is C55H82N8O12. The van der Waals surface area contributed by atoms with Crippen LogP contribution in [0.25, 0.3) is 0 Å². The molecule has 1 aromatic heterocycles. The third kappa shape index (κ3) is 17.8. The van der Waals surface area contributed by atoms with Crippen LogP contribution < -0.4 is 4.74 Å². The van der Waals surface area contributed by atoms with Crippen molar-refractivity contribution < 1.29 is 57.2 Å². The van der Waals surface area contributed by atoms with E-state index in [0.717, 1.165) is 10.5 Å². The Bertz CT molecular complexity index is 2360. The van der Waals surface area contributed by atoms with Gasteiger partial charge in [-0.1, -0.05) is 97.9 Å². The summed E-state index contributed by atoms with van der Waals surface area (Å²) in [7, 11) is 7.59. The topological polar surface area (TPSA) is 222 Å². The number of rotatable bonds is 15. The number of carbonyl (C=O) groups excluding carboxylic acids is 7. The molecule has 4 rings (SSSR count). The average molecular weight is 1050 g/mol. The first kappa shape index (κ1) is 61.1. The molecular weight excluding hydrogens is 965 g/mol. The minimum Gasteiger partial charge on any atom is -0.486 e. The number of tetrazole rings is 1. The lowest BCUT2D eigenvalue weighted by Gasteiger charge is -2.36. The van der Waals surface area contributed by atoms with E-state index in [0.29, 0.717) is 23.6 Å². The molecule has 0 radical (unpaired) electrons. The molecule has 0 bridgehead atoms. The molecule has 0 saturated carbocycles. The number of nitrogens with zero attached hydrogens (tertiary/aromatic N) is 8. The third-order valence-corrected chi connectivity index (χ3v) is 13.2. The molecule has 3 aromatic rings. The second-order valence-corrected chi connectivity index (χ2v) is 21.5. The number of aromatic nitrogens is 4. The third-order valence-electron chi connectivity index (χ3n) is 13.2. The van der Waals surface area contributed by atoms with Gasteiger partial charge in [0.15, 0.2) is 24.1 Å². The molecule has 0 spiro atoms. The zero-order valence-corrected chi connectivity index (χ0v) is 46.8. The minimum absolute atomic E-state index is 0.0649. The van der Waals surface area contributed by atoms with Gasteiger partial charge in [0.1, 0.15) is 36.6 Å². The van der Waals surface area contributed by atoms with Gasteiger partial charge < -0.3 is 43.3 Å². The van der Waals surface area contributed by atoms with Crippen LogP contribution in [-0.4, -0.2) is 165 Å². The Hall–Kier alpha value is -6.44. The summed E-state index contributed by atoms with van der Waals surface area (Å²) >= 11 is 0.